The van der Waals surface area contributed by atoms with Crippen molar-refractivity contribution >= 4 is 23.2 Å². The molecule has 0 saturated carbocycles. The molecule has 2 heterocycles. The van der Waals surface area contributed by atoms with Gasteiger partial charge in [0.15, 0.2) is 0 Å². The largest absolute Gasteiger partial charge is 0.339 e. The number of rotatable bonds is 2. The van der Waals surface area contributed by atoms with Crippen molar-refractivity contribution in [1.29, 1.82) is 0 Å². The van der Waals surface area contributed by atoms with Crippen LogP contribution in [-0.4, -0.2) is 47.8 Å². The number of carbonyl (C=O) groups excluding carboxylic acids is 2. The van der Waals surface area contributed by atoms with E-state index in [9.17, 15) is 9.59 Å². The lowest BCUT2D eigenvalue weighted by molar-refractivity contribution is -0.130. The van der Waals surface area contributed by atoms with Gasteiger partial charge in [-0.3, -0.25) is 9.59 Å². The van der Waals surface area contributed by atoms with Crippen LogP contribution in [0.3, 0.4) is 0 Å². The molecule has 19 heavy (non-hydrogen) atoms. The summed E-state index contributed by atoms with van der Waals surface area (Å²) in [4.78, 5) is 29.3. The van der Waals surface area contributed by atoms with Gasteiger partial charge in [0, 0.05) is 38.0 Å². The highest BCUT2D eigenvalue weighted by Gasteiger charge is 2.24. The maximum Gasteiger partial charge on any atom is 0.264 e. The second-order valence-electron chi connectivity index (χ2n) is 4.84. The summed E-state index contributed by atoms with van der Waals surface area (Å²) in [5, 5.41) is 0. The number of hydrogen-bond acceptors (Lipinski definition) is 3. The van der Waals surface area contributed by atoms with E-state index < -0.39 is 0 Å². The van der Waals surface area contributed by atoms with Crippen LogP contribution in [-0.2, 0) is 11.2 Å². The molecule has 1 fully saturated rings. The average molecular weight is 280 g/mol. The van der Waals surface area contributed by atoms with Gasteiger partial charge in [-0.05, 0) is 25.0 Å². The van der Waals surface area contributed by atoms with Crippen LogP contribution in [0, 0.1) is 6.92 Å². The van der Waals surface area contributed by atoms with Crippen molar-refractivity contribution in [3.8, 4) is 0 Å². The summed E-state index contributed by atoms with van der Waals surface area (Å²) in [5.41, 5.74) is 1.26. The molecule has 1 aliphatic rings. The zero-order valence-electron chi connectivity index (χ0n) is 11.7. The quantitative estimate of drug-likeness (QED) is 0.830. The molecule has 0 aromatic carbocycles. The van der Waals surface area contributed by atoms with Crippen molar-refractivity contribution in [2.24, 2.45) is 0 Å². The van der Waals surface area contributed by atoms with Gasteiger partial charge in [-0.2, -0.15) is 0 Å². The van der Waals surface area contributed by atoms with Gasteiger partial charge in [-0.1, -0.05) is 6.92 Å². The number of carbonyl (C=O) groups is 2. The van der Waals surface area contributed by atoms with Crippen LogP contribution < -0.4 is 0 Å². The maximum atomic E-state index is 12.4. The normalized spacial score (nSPS) is 15.7. The molecule has 0 radical (unpaired) electrons. The fraction of sp³-hybridized carbons (Fsp3) is 0.571. The number of nitrogens with zero attached hydrogens (tertiary/aromatic N) is 2. The van der Waals surface area contributed by atoms with Gasteiger partial charge < -0.3 is 9.80 Å². The van der Waals surface area contributed by atoms with Crippen molar-refractivity contribution in [1.82, 2.24) is 9.80 Å². The highest BCUT2D eigenvalue weighted by Crippen LogP contribution is 2.23. The summed E-state index contributed by atoms with van der Waals surface area (Å²) < 4.78 is 0. The van der Waals surface area contributed by atoms with Crippen LogP contribution >= 0.6 is 11.3 Å². The zero-order chi connectivity index (χ0) is 14.0. The second kappa shape index (κ2) is 5.74. The van der Waals surface area contributed by atoms with Crippen LogP contribution in [0.5, 0.6) is 0 Å². The molecule has 1 saturated heterocycles. The molecule has 0 N–H and O–H groups in total. The van der Waals surface area contributed by atoms with Crippen molar-refractivity contribution in [3.05, 3.63) is 21.4 Å². The predicted octanol–water partition coefficient (Wildman–Crippen LogP) is 1.92. The van der Waals surface area contributed by atoms with Crippen molar-refractivity contribution in [2.45, 2.75) is 27.2 Å². The monoisotopic (exact) mass is 280 g/mol. The summed E-state index contributed by atoms with van der Waals surface area (Å²) in [6.07, 6.45) is 0.966. The Morgan fingerprint density at radius 3 is 2.26 bits per heavy atom. The molecular formula is C14H20N2O2S. The second-order valence-corrected chi connectivity index (χ2v) is 6.10. The number of piperazine rings is 1. The number of aryl methyl sites for hydroxylation is 2. The van der Waals surface area contributed by atoms with Gasteiger partial charge in [-0.15, -0.1) is 11.3 Å². The van der Waals surface area contributed by atoms with Gasteiger partial charge in [-0.25, -0.2) is 0 Å². The third kappa shape index (κ3) is 2.97. The number of hydrogen-bond donors (Lipinski definition) is 0. The Hall–Kier alpha value is -1.36. The molecule has 0 unspecified atom stereocenters. The van der Waals surface area contributed by atoms with E-state index in [0.29, 0.717) is 26.2 Å². The van der Waals surface area contributed by atoms with Gasteiger partial charge in [0.1, 0.15) is 0 Å². The Labute approximate surface area is 118 Å². The first-order chi connectivity index (χ1) is 9.02. The zero-order valence-corrected chi connectivity index (χ0v) is 12.5. The molecule has 2 rings (SSSR count). The minimum atomic E-state index is 0.0901. The first-order valence-electron chi connectivity index (χ1n) is 6.67. The van der Waals surface area contributed by atoms with Crippen molar-refractivity contribution in [2.75, 3.05) is 26.2 Å². The molecule has 1 aromatic rings. The molecule has 0 spiro atoms. The Morgan fingerprint density at radius 1 is 1.21 bits per heavy atom. The van der Waals surface area contributed by atoms with E-state index in [-0.39, 0.29) is 11.8 Å². The Bertz CT molecular complexity index is 488. The molecule has 1 aliphatic heterocycles. The Balaban J connectivity index is 2.03. The molecule has 0 bridgehead atoms. The van der Waals surface area contributed by atoms with Crippen molar-refractivity contribution < 1.29 is 9.59 Å². The van der Waals surface area contributed by atoms with E-state index in [1.165, 1.54) is 10.4 Å². The minimum Gasteiger partial charge on any atom is -0.339 e. The highest BCUT2D eigenvalue weighted by atomic mass is 32.1. The molecule has 0 aliphatic carbocycles. The lowest BCUT2D eigenvalue weighted by Crippen LogP contribution is -2.49. The fourth-order valence-corrected chi connectivity index (χ4v) is 3.44. The van der Waals surface area contributed by atoms with Gasteiger partial charge in [0.2, 0.25) is 5.91 Å². The maximum absolute atomic E-state index is 12.4. The van der Waals surface area contributed by atoms with E-state index in [2.05, 4.69) is 13.8 Å². The SMILES string of the molecule is CCc1cc(C(=O)N2CCN(C(C)=O)CC2)sc1C. The number of amides is 2. The first kappa shape index (κ1) is 14.1. The van der Waals surface area contributed by atoms with E-state index in [1.54, 1.807) is 23.2 Å². The molecule has 104 valence electrons. The van der Waals surface area contributed by atoms with Crippen LogP contribution in [0.15, 0.2) is 6.07 Å². The van der Waals surface area contributed by atoms with E-state index in [4.69, 9.17) is 0 Å². The third-order valence-electron chi connectivity index (χ3n) is 3.62. The van der Waals surface area contributed by atoms with Gasteiger partial charge in [0.25, 0.3) is 5.91 Å². The molecule has 0 atom stereocenters. The summed E-state index contributed by atoms with van der Waals surface area (Å²) in [6, 6.07) is 2.01. The lowest BCUT2D eigenvalue weighted by atomic mass is 10.2. The van der Waals surface area contributed by atoms with Crippen LogP contribution in [0.2, 0.25) is 0 Å². The molecule has 2 amide bonds. The third-order valence-corrected chi connectivity index (χ3v) is 4.71. The predicted molar refractivity (Wildman–Crippen MR) is 76.6 cm³/mol. The van der Waals surface area contributed by atoms with E-state index in [1.807, 2.05) is 11.0 Å². The standard InChI is InChI=1S/C14H20N2O2S/c1-4-12-9-13(19-10(12)2)14(18)16-7-5-15(6-8-16)11(3)17/h9H,4-8H2,1-3H3. The van der Waals surface area contributed by atoms with Crippen molar-refractivity contribution in [3.63, 3.8) is 0 Å². The van der Waals surface area contributed by atoms with Gasteiger partial charge in [0.05, 0.1) is 4.88 Å². The summed E-state index contributed by atoms with van der Waals surface area (Å²) >= 11 is 1.58. The average Bonchev–Trinajstić information content (AvgIpc) is 2.79. The lowest BCUT2D eigenvalue weighted by Gasteiger charge is -2.33. The van der Waals surface area contributed by atoms with Crippen LogP contribution in [0.4, 0.5) is 0 Å². The number of thiophene rings is 1. The van der Waals surface area contributed by atoms with Crippen LogP contribution in [0.25, 0.3) is 0 Å². The topological polar surface area (TPSA) is 40.6 Å². The Kier molecular flexibility index (Phi) is 4.24. The smallest absolute Gasteiger partial charge is 0.264 e. The summed E-state index contributed by atoms with van der Waals surface area (Å²) in [7, 11) is 0. The molecule has 1 aromatic heterocycles. The summed E-state index contributed by atoms with van der Waals surface area (Å²) in [5.74, 6) is 0.198. The Morgan fingerprint density at radius 2 is 1.79 bits per heavy atom. The molecule has 4 nitrogen and oxygen atoms in total. The summed E-state index contributed by atoms with van der Waals surface area (Å²) in [6.45, 7) is 8.31. The van der Waals surface area contributed by atoms with E-state index in [0.717, 1.165) is 11.3 Å². The first-order valence-corrected chi connectivity index (χ1v) is 7.48. The van der Waals surface area contributed by atoms with Crippen LogP contribution in [0.1, 0.15) is 34.0 Å². The van der Waals surface area contributed by atoms with E-state index >= 15 is 0 Å². The minimum absolute atomic E-state index is 0.0901. The highest BCUT2D eigenvalue weighted by molar-refractivity contribution is 7.14. The fourth-order valence-electron chi connectivity index (χ4n) is 2.36. The molecule has 5 heteroatoms. The van der Waals surface area contributed by atoms with Gasteiger partial charge >= 0.3 is 0 Å². The molecular weight excluding hydrogens is 260 g/mol.